The van der Waals surface area contributed by atoms with Crippen LogP contribution < -0.4 is 4.90 Å². The summed E-state index contributed by atoms with van der Waals surface area (Å²) in [5, 5.41) is 16.8. The number of nitriles is 1. The lowest BCUT2D eigenvalue weighted by Crippen LogP contribution is -2.18. The molecule has 0 bridgehead atoms. The van der Waals surface area contributed by atoms with Crippen LogP contribution in [0.25, 0.3) is 11.3 Å². The van der Waals surface area contributed by atoms with Crippen LogP contribution in [0.2, 0.25) is 0 Å². The van der Waals surface area contributed by atoms with Gasteiger partial charge in [0.1, 0.15) is 6.54 Å². The van der Waals surface area contributed by atoms with E-state index in [9.17, 15) is 0 Å². The van der Waals surface area contributed by atoms with Crippen molar-refractivity contribution < 1.29 is 0 Å². The first-order valence-corrected chi connectivity index (χ1v) is 5.28. The van der Waals surface area contributed by atoms with Gasteiger partial charge in [0.2, 0.25) is 0 Å². The van der Waals surface area contributed by atoms with Gasteiger partial charge in [-0.15, -0.1) is 10.2 Å². The van der Waals surface area contributed by atoms with Crippen LogP contribution in [0, 0.1) is 11.3 Å². The van der Waals surface area contributed by atoms with E-state index in [1.54, 1.807) is 4.90 Å². The van der Waals surface area contributed by atoms with Gasteiger partial charge >= 0.3 is 0 Å². The molecule has 0 radical (unpaired) electrons. The lowest BCUT2D eigenvalue weighted by molar-refractivity contribution is 0.934. The molecular formula is C13H12N4. The molecule has 0 aliphatic rings. The minimum Gasteiger partial charge on any atom is -0.345 e. The van der Waals surface area contributed by atoms with Crippen LogP contribution in [0.1, 0.15) is 0 Å². The fraction of sp³-hybridized carbons (Fsp3) is 0.154. The highest BCUT2D eigenvalue weighted by Crippen LogP contribution is 2.17. The normalized spacial score (nSPS) is 9.65. The van der Waals surface area contributed by atoms with E-state index in [2.05, 4.69) is 16.3 Å². The van der Waals surface area contributed by atoms with E-state index in [0.29, 0.717) is 12.4 Å². The Hall–Kier alpha value is -2.41. The molecule has 0 atom stereocenters. The van der Waals surface area contributed by atoms with Gasteiger partial charge in [0, 0.05) is 12.6 Å². The molecule has 84 valence electrons. The van der Waals surface area contributed by atoms with Crippen molar-refractivity contribution in [3.05, 3.63) is 42.5 Å². The van der Waals surface area contributed by atoms with Crippen LogP contribution >= 0.6 is 0 Å². The summed E-state index contributed by atoms with van der Waals surface area (Å²) in [6.45, 7) is 0.305. The van der Waals surface area contributed by atoms with E-state index >= 15 is 0 Å². The van der Waals surface area contributed by atoms with Crippen molar-refractivity contribution in [2.45, 2.75) is 0 Å². The molecule has 1 aromatic heterocycles. The van der Waals surface area contributed by atoms with E-state index in [1.165, 1.54) is 0 Å². The van der Waals surface area contributed by atoms with Gasteiger partial charge in [0.05, 0.1) is 11.8 Å². The highest BCUT2D eigenvalue weighted by molar-refractivity contribution is 5.59. The maximum atomic E-state index is 8.59. The van der Waals surface area contributed by atoms with Gasteiger partial charge in [-0.25, -0.2) is 0 Å². The molecule has 0 saturated carbocycles. The SMILES string of the molecule is CN(CC#N)c1ccc(-c2ccccc2)nn1. The van der Waals surface area contributed by atoms with Crippen LogP contribution in [0.4, 0.5) is 5.82 Å². The summed E-state index contributed by atoms with van der Waals surface area (Å²) in [6.07, 6.45) is 0. The van der Waals surface area contributed by atoms with Crippen molar-refractivity contribution in [1.29, 1.82) is 5.26 Å². The Balaban J connectivity index is 2.22. The van der Waals surface area contributed by atoms with Crippen LogP contribution in [-0.2, 0) is 0 Å². The molecule has 0 aliphatic carbocycles. The third-order valence-electron chi connectivity index (χ3n) is 2.42. The number of hydrogen-bond acceptors (Lipinski definition) is 4. The summed E-state index contributed by atoms with van der Waals surface area (Å²) in [7, 11) is 1.81. The highest BCUT2D eigenvalue weighted by Gasteiger charge is 2.03. The highest BCUT2D eigenvalue weighted by atomic mass is 15.2. The van der Waals surface area contributed by atoms with Crippen molar-refractivity contribution in [2.24, 2.45) is 0 Å². The Bertz CT molecular complexity index is 513. The molecule has 0 fully saturated rings. The van der Waals surface area contributed by atoms with Gasteiger partial charge in [-0.2, -0.15) is 5.26 Å². The average Bonchev–Trinajstić information content (AvgIpc) is 2.40. The monoisotopic (exact) mass is 224 g/mol. The molecule has 1 heterocycles. The first-order chi connectivity index (χ1) is 8.31. The largest absolute Gasteiger partial charge is 0.345 e. The van der Waals surface area contributed by atoms with Crippen molar-refractivity contribution >= 4 is 5.82 Å². The minimum absolute atomic E-state index is 0.305. The molecule has 0 unspecified atom stereocenters. The Labute approximate surface area is 100 Å². The van der Waals surface area contributed by atoms with E-state index in [-0.39, 0.29) is 0 Å². The summed E-state index contributed by atoms with van der Waals surface area (Å²) in [4.78, 5) is 1.75. The minimum atomic E-state index is 0.305. The molecule has 0 saturated heterocycles. The smallest absolute Gasteiger partial charge is 0.151 e. The molecule has 4 heteroatoms. The summed E-state index contributed by atoms with van der Waals surface area (Å²) >= 11 is 0. The lowest BCUT2D eigenvalue weighted by atomic mass is 10.1. The molecule has 1 aromatic carbocycles. The maximum absolute atomic E-state index is 8.59. The Morgan fingerprint density at radius 1 is 1.12 bits per heavy atom. The number of nitrogens with zero attached hydrogens (tertiary/aromatic N) is 4. The fourth-order valence-electron chi connectivity index (χ4n) is 1.48. The van der Waals surface area contributed by atoms with Crippen LogP contribution in [-0.4, -0.2) is 23.8 Å². The average molecular weight is 224 g/mol. The standard InChI is InChI=1S/C13H12N4/c1-17(10-9-14)13-8-7-12(15-16-13)11-5-3-2-4-6-11/h2-8H,10H2,1H3. The third kappa shape index (κ3) is 2.58. The molecular weight excluding hydrogens is 212 g/mol. The van der Waals surface area contributed by atoms with E-state index in [0.717, 1.165) is 11.3 Å². The Morgan fingerprint density at radius 2 is 1.88 bits per heavy atom. The van der Waals surface area contributed by atoms with E-state index in [1.807, 2.05) is 49.5 Å². The number of benzene rings is 1. The lowest BCUT2D eigenvalue weighted by Gasteiger charge is -2.12. The first kappa shape index (κ1) is 11.1. The van der Waals surface area contributed by atoms with Crippen molar-refractivity contribution in [3.8, 4) is 17.3 Å². The van der Waals surface area contributed by atoms with Gasteiger partial charge in [0.15, 0.2) is 5.82 Å². The quantitative estimate of drug-likeness (QED) is 0.749. The summed E-state index contributed by atoms with van der Waals surface area (Å²) in [6, 6.07) is 15.7. The van der Waals surface area contributed by atoms with E-state index in [4.69, 9.17) is 5.26 Å². The fourth-order valence-corrected chi connectivity index (χ4v) is 1.48. The number of anilines is 1. The zero-order valence-corrected chi connectivity index (χ0v) is 9.54. The topological polar surface area (TPSA) is 52.8 Å². The molecule has 17 heavy (non-hydrogen) atoms. The molecule has 0 N–H and O–H groups in total. The van der Waals surface area contributed by atoms with Crippen LogP contribution in [0.15, 0.2) is 42.5 Å². The number of hydrogen-bond donors (Lipinski definition) is 0. The molecule has 4 nitrogen and oxygen atoms in total. The Morgan fingerprint density at radius 3 is 2.47 bits per heavy atom. The predicted molar refractivity (Wildman–Crippen MR) is 66.4 cm³/mol. The molecule has 2 rings (SSSR count). The van der Waals surface area contributed by atoms with Crippen molar-refractivity contribution in [3.63, 3.8) is 0 Å². The summed E-state index contributed by atoms with van der Waals surface area (Å²) < 4.78 is 0. The van der Waals surface area contributed by atoms with Crippen LogP contribution in [0.3, 0.4) is 0 Å². The van der Waals surface area contributed by atoms with Crippen molar-refractivity contribution in [2.75, 3.05) is 18.5 Å². The number of aromatic nitrogens is 2. The van der Waals surface area contributed by atoms with Crippen molar-refractivity contribution in [1.82, 2.24) is 10.2 Å². The Kier molecular flexibility index (Phi) is 3.31. The summed E-state index contributed by atoms with van der Waals surface area (Å²) in [5.74, 6) is 0.700. The number of rotatable bonds is 3. The molecule has 0 amide bonds. The molecule has 0 spiro atoms. The van der Waals surface area contributed by atoms with Crippen LogP contribution in [0.5, 0.6) is 0 Å². The second-order valence-corrected chi connectivity index (χ2v) is 3.66. The maximum Gasteiger partial charge on any atom is 0.151 e. The van der Waals surface area contributed by atoms with Gasteiger partial charge in [-0.1, -0.05) is 30.3 Å². The summed E-state index contributed by atoms with van der Waals surface area (Å²) in [5.41, 5.74) is 1.87. The van der Waals surface area contributed by atoms with E-state index < -0.39 is 0 Å². The second kappa shape index (κ2) is 5.08. The van der Waals surface area contributed by atoms with Gasteiger partial charge < -0.3 is 4.90 Å². The zero-order valence-electron chi connectivity index (χ0n) is 9.54. The molecule has 2 aromatic rings. The molecule has 0 aliphatic heterocycles. The van der Waals surface area contributed by atoms with Gasteiger partial charge in [-0.05, 0) is 12.1 Å². The zero-order chi connectivity index (χ0) is 12.1. The van der Waals surface area contributed by atoms with Gasteiger partial charge in [0.25, 0.3) is 0 Å². The first-order valence-electron chi connectivity index (χ1n) is 5.28. The third-order valence-corrected chi connectivity index (χ3v) is 2.42. The van der Waals surface area contributed by atoms with Gasteiger partial charge in [-0.3, -0.25) is 0 Å². The second-order valence-electron chi connectivity index (χ2n) is 3.66. The predicted octanol–water partition coefficient (Wildman–Crippen LogP) is 2.10.